The maximum Gasteiger partial charge on any atom is -1.00 e. The zero-order valence-corrected chi connectivity index (χ0v) is 36.4. The number of allylic oxidation sites excluding steroid dienone is 2. The van der Waals surface area contributed by atoms with Gasteiger partial charge in [-0.25, -0.2) is 0 Å². The first-order chi connectivity index (χ1) is 24.6. The molecule has 8 rings (SSSR count). The van der Waals surface area contributed by atoms with Crippen molar-refractivity contribution in [3.63, 3.8) is 0 Å². The summed E-state index contributed by atoms with van der Waals surface area (Å²) in [6.07, 6.45) is 13.7. The Bertz CT molecular complexity index is 1830. The summed E-state index contributed by atoms with van der Waals surface area (Å²) in [5.41, 5.74) is 18.6. The van der Waals surface area contributed by atoms with Crippen LogP contribution in [0.25, 0.3) is 34.4 Å². The molecule has 4 unspecified atom stereocenters. The topological polar surface area (TPSA) is 0 Å². The van der Waals surface area contributed by atoms with E-state index in [0.717, 1.165) is 8.45 Å². The van der Waals surface area contributed by atoms with E-state index in [-0.39, 0.29) is 24.8 Å². The van der Waals surface area contributed by atoms with Crippen LogP contribution in [0.5, 0.6) is 0 Å². The predicted octanol–water partition coefficient (Wildman–Crippen LogP) is 9.26. The molecule has 3 aliphatic carbocycles. The van der Waals surface area contributed by atoms with Crippen LogP contribution in [-0.2, 0) is 16.6 Å². The Hall–Kier alpha value is -2.35. The van der Waals surface area contributed by atoms with Crippen molar-refractivity contribution in [1.29, 1.82) is 0 Å². The maximum atomic E-state index is 2.73. The fourth-order valence-corrected chi connectivity index (χ4v) is 25.3. The number of hydrogen-bond acceptors (Lipinski definition) is 0. The van der Waals surface area contributed by atoms with Gasteiger partial charge in [-0.15, -0.1) is 0 Å². The van der Waals surface area contributed by atoms with Gasteiger partial charge in [-0.2, -0.15) is 0 Å². The Labute approximate surface area is 337 Å². The van der Waals surface area contributed by atoms with Crippen molar-refractivity contribution >= 4 is 12.2 Å². The average Bonchev–Trinajstić information content (AvgIpc) is 3.39. The summed E-state index contributed by atoms with van der Waals surface area (Å²) in [4.78, 5) is 0. The first kappa shape index (κ1) is 40.3. The molecule has 1 saturated carbocycles. The molecule has 1 heterocycles. The summed E-state index contributed by atoms with van der Waals surface area (Å²) in [6.45, 7) is 19.0. The van der Waals surface area contributed by atoms with E-state index in [2.05, 4.69) is 152 Å². The molecule has 0 spiro atoms. The van der Waals surface area contributed by atoms with Crippen LogP contribution in [-0.4, -0.2) is 0 Å². The van der Waals surface area contributed by atoms with Gasteiger partial charge in [-0.3, -0.25) is 0 Å². The molecule has 4 aromatic rings. The van der Waals surface area contributed by atoms with Gasteiger partial charge in [0.1, 0.15) is 0 Å². The van der Waals surface area contributed by atoms with E-state index in [1.807, 2.05) is 0 Å². The van der Waals surface area contributed by atoms with Gasteiger partial charge in [0, 0.05) is 0 Å². The van der Waals surface area contributed by atoms with Crippen LogP contribution in [0.3, 0.4) is 0 Å². The van der Waals surface area contributed by atoms with Gasteiger partial charge in [0.25, 0.3) is 0 Å². The van der Waals surface area contributed by atoms with Crippen molar-refractivity contribution in [2.75, 3.05) is 0 Å². The first-order valence-corrected chi connectivity index (χ1v) is 24.1. The normalized spacial score (nSPS) is 22.8. The van der Waals surface area contributed by atoms with Gasteiger partial charge in [-0.1, -0.05) is 0 Å². The third-order valence-electron chi connectivity index (χ3n) is 13.3. The zero-order valence-electron chi connectivity index (χ0n) is 33.4. The van der Waals surface area contributed by atoms with Gasteiger partial charge in [-0.05, 0) is 0 Å². The van der Waals surface area contributed by atoms with Crippen LogP contribution in [0, 0.1) is 11.8 Å². The van der Waals surface area contributed by atoms with Gasteiger partial charge in [0.05, 0.1) is 0 Å². The molecule has 1 aliphatic heterocycles. The van der Waals surface area contributed by atoms with Crippen LogP contribution in [0.1, 0.15) is 148 Å². The number of fused-ring (bicyclic) bond motifs is 3. The monoisotopic (exact) mass is 778 g/mol. The minimum absolute atomic E-state index is 0. The van der Waals surface area contributed by atoms with Crippen molar-refractivity contribution in [3.05, 3.63) is 129 Å². The summed E-state index contributed by atoms with van der Waals surface area (Å²) in [6, 6.07) is 33.9. The van der Waals surface area contributed by atoms with E-state index in [1.165, 1.54) is 71.9 Å². The summed E-state index contributed by atoms with van der Waals surface area (Å²) in [5.74, 6) is 2.42. The molecular weight excluding hydrogens is 719 g/mol. The van der Waals surface area contributed by atoms with Crippen LogP contribution < -0.4 is 24.8 Å². The molecule has 0 aromatic heterocycles. The van der Waals surface area contributed by atoms with Gasteiger partial charge >= 0.3 is 315 Å². The van der Waals surface area contributed by atoms with Crippen molar-refractivity contribution < 1.29 is 41.4 Å². The molecule has 3 heteroatoms. The van der Waals surface area contributed by atoms with E-state index >= 15 is 0 Å². The Morgan fingerprint density at radius 2 is 0.887 bits per heavy atom. The summed E-state index contributed by atoms with van der Waals surface area (Å²) >= 11 is -2.75. The number of rotatable bonds is 10. The minimum atomic E-state index is -2.75. The van der Waals surface area contributed by atoms with Crippen LogP contribution in [0.4, 0.5) is 0 Å². The Balaban J connectivity index is 0.00000240. The Morgan fingerprint density at radius 1 is 0.509 bits per heavy atom. The Kier molecular flexibility index (Phi) is 12.2. The zero-order chi connectivity index (χ0) is 35.6. The molecule has 0 amide bonds. The number of benzene rings is 4. The molecule has 0 nitrogen and oxygen atoms in total. The average molecular weight is 780 g/mol. The molecule has 4 aliphatic rings. The molecule has 4 aromatic carbocycles. The predicted molar refractivity (Wildman–Crippen MR) is 218 cm³/mol. The minimum Gasteiger partial charge on any atom is -1.00 e. The van der Waals surface area contributed by atoms with Crippen LogP contribution in [0.2, 0.25) is 8.45 Å². The van der Waals surface area contributed by atoms with E-state index in [9.17, 15) is 0 Å². The molecule has 0 bridgehead atoms. The van der Waals surface area contributed by atoms with E-state index in [1.54, 1.807) is 33.4 Å². The first-order valence-electron chi connectivity index (χ1n) is 20.5. The summed E-state index contributed by atoms with van der Waals surface area (Å²) < 4.78 is 3.26. The second kappa shape index (κ2) is 16.0. The van der Waals surface area contributed by atoms with Gasteiger partial charge in [0.15, 0.2) is 0 Å². The second-order valence-electron chi connectivity index (χ2n) is 18.2. The standard InChI is InChI=1S/2C22H25.C6H10.2ClH.Ti/c2*1-15(2)12-17-13-20-6-5-7-21(22(20)14-17)19-10-8-18(9-11-19)16(3)4;1-2-4-6-5-3-1;;;/h2*5-11,13-16H,12H2,1-4H3;1-2H,3-6H2;2*1H;/q;;;;;+2/p-2. The Morgan fingerprint density at radius 3 is 1.23 bits per heavy atom. The SMILES string of the molecule is CC(C)CC1=Cc2c(-c3ccc(C(C)C)cc3)cccc2[CH]1[Ti+2]1([CH]2C(CC(C)C)=Cc3c(-c4ccc(C(C)C)cc4)cccc32)[CH]2CCCC[CH]21.[Cl-].[Cl-]. The fourth-order valence-electron chi connectivity index (χ4n) is 11.2. The van der Waals surface area contributed by atoms with Gasteiger partial charge in [0.2, 0.25) is 0 Å². The molecule has 53 heavy (non-hydrogen) atoms. The van der Waals surface area contributed by atoms with Gasteiger partial charge < -0.3 is 24.8 Å². The van der Waals surface area contributed by atoms with E-state index in [4.69, 9.17) is 0 Å². The van der Waals surface area contributed by atoms with Crippen LogP contribution >= 0.6 is 0 Å². The fraction of sp³-hybridized carbons (Fsp3) is 0.440. The maximum absolute atomic E-state index is 2.75. The van der Waals surface area contributed by atoms with Crippen molar-refractivity contribution in [2.24, 2.45) is 11.8 Å². The van der Waals surface area contributed by atoms with Crippen LogP contribution in [0.15, 0.2) is 96.1 Å². The van der Waals surface area contributed by atoms with Crippen molar-refractivity contribution in [3.8, 4) is 22.3 Å². The molecule has 0 N–H and O–H groups in total. The number of halogens is 2. The smallest absolute Gasteiger partial charge is 1.00 e. The molecule has 1 saturated heterocycles. The van der Waals surface area contributed by atoms with E-state index < -0.39 is 16.6 Å². The molecule has 4 atom stereocenters. The molecule has 278 valence electrons. The quantitative estimate of drug-likeness (QED) is 0.141. The summed E-state index contributed by atoms with van der Waals surface area (Å²) in [5, 5.41) is 0. The second-order valence-corrected chi connectivity index (χ2v) is 25.4. The van der Waals surface area contributed by atoms with E-state index in [0.29, 0.717) is 32.1 Å². The van der Waals surface area contributed by atoms with Crippen molar-refractivity contribution in [1.82, 2.24) is 0 Å². The number of hydrogen-bond donors (Lipinski definition) is 0. The van der Waals surface area contributed by atoms with Crippen molar-refractivity contribution in [2.45, 2.75) is 123 Å². The largest absolute Gasteiger partial charge is 1.00 e. The molecular formula is C50H60Cl2Ti. The third kappa shape index (κ3) is 7.03. The summed E-state index contributed by atoms with van der Waals surface area (Å²) in [7, 11) is 0. The third-order valence-corrected chi connectivity index (χ3v) is 24.1. The molecule has 2 fully saturated rings. The molecule has 0 radical (unpaired) electrons.